The summed E-state index contributed by atoms with van der Waals surface area (Å²) in [6.45, 7) is 5.92. The second kappa shape index (κ2) is 8.18. The van der Waals surface area contributed by atoms with Crippen LogP contribution in [0.2, 0.25) is 0 Å². The van der Waals surface area contributed by atoms with Gasteiger partial charge in [0.15, 0.2) is 9.84 Å². The molecule has 0 aliphatic rings. The zero-order valence-corrected chi connectivity index (χ0v) is 18.4. The van der Waals surface area contributed by atoms with Crippen molar-refractivity contribution in [2.24, 2.45) is 0 Å². The molecule has 6 nitrogen and oxygen atoms in total. The van der Waals surface area contributed by atoms with E-state index in [1.165, 1.54) is 12.1 Å². The molecule has 0 aliphatic heterocycles. The van der Waals surface area contributed by atoms with Gasteiger partial charge in [0.1, 0.15) is 23.9 Å². The summed E-state index contributed by atoms with van der Waals surface area (Å²) in [5, 5.41) is 0. The van der Waals surface area contributed by atoms with Crippen molar-refractivity contribution in [2.75, 3.05) is 6.26 Å². The second-order valence-corrected chi connectivity index (χ2v) is 10.6. The Hall–Kier alpha value is -2.74. The Morgan fingerprint density at radius 1 is 1.13 bits per heavy atom. The quantitative estimate of drug-likeness (QED) is 0.598. The molecular formula is C22H26FN3O3S. The van der Waals surface area contributed by atoms with E-state index >= 15 is 0 Å². The first kappa shape index (κ1) is 22.0. The van der Waals surface area contributed by atoms with Crippen molar-refractivity contribution in [1.82, 2.24) is 14.5 Å². The van der Waals surface area contributed by atoms with Crippen molar-refractivity contribution < 1.29 is 17.6 Å². The number of para-hydroxylation sites is 2. The summed E-state index contributed by atoms with van der Waals surface area (Å²) in [6, 6.07) is 13.4. The number of hydrogen-bond donors (Lipinski definition) is 0. The zero-order valence-electron chi connectivity index (χ0n) is 17.6. The molecule has 0 N–H and O–H groups in total. The topological polar surface area (TPSA) is 72.3 Å². The van der Waals surface area contributed by atoms with Gasteiger partial charge in [-0.2, -0.15) is 0 Å². The highest BCUT2D eigenvalue weighted by molar-refractivity contribution is 7.89. The van der Waals surface area contributed by atoms with Gasteiger partial charge < -0.3 is 9.47 Å². The Bertz CT molecular complexity index is 1180. The maximum atomic E-state index is 13.6. The van der Waals surface area contributed by atoms with E-state index in [1.54, 1.807) is 27.7 Å². The lowest BCUT2D eigenvalue weighted by molar-refractivity contribution is -0.137. The largest absolute Gasteiger partial charge is 0.332 e. The Morgan fingerprint density at radius 3 is 2.47 bits per heavy atom. The number of fused-ring (bicyclic) bond motifs is 1. The lowest BCUT2D eigenvalue weighted by atomic mass is 10.0. The Morgan fingerprint density at radius 2 is 1.83 bits per heavy atom. The van der Waals surface area contributed by atoms with E-state index in [1.807, 2.05) is 39.0 Å². The van der Waals surface area contributed by atoms with Crippen molar-refractivity contribution in [2.45, 2.75) is 45.2 Å². The third-order valence-corrected chi connectivity index (χ3v) is 5.54. The first-order chi connectivity index (χ1) is 13.9. The van der Waals surface area contributed by atoms with Crippen LogP contribution in [0.4, 0.5) is 4.39 Å². The van der Waals surface area contributed by atoms with E-state index in [4.69, 9.17) is 0 Å². The van der Waals surface area contributed by atoms with E-state index in [0.717, 1.165) is 6.26 Å². The maximum absolute atomic E-state index is 13.6. The van der Waals surface area contributed by atoms with Gasteiger partial charge in [-0.1, -0.05) is 24.3 Å². The number of sulfone groups is 1. The van der Waals surface area contributed by atoms with Crippen molar-refractivity contribution in [3.8, 4) is 0 Å². The Labute approximate surface area is 176 Å². The van der Waals surface area contributed by atoms with Gasteiger partial charge in [-0.3, -0.25) is 4.79 Å². The number of aromatic nitrogens is 2. The molecule has 0 spiro atoms. The summed E-state index contributed by atoms with van der Waals surface area (Å²) >= 11 is 0. The number of nitrogens with zero attached hydrogens (tertiary/aromatic N) is 3. The predicted molar refractivity (Wildman–Crippen MR) is 115 cm³/mol. The number of hydrogen-bond acceptors (Lipinski definition) is 4. The smallest absolute Gasteiger partial charge is 0.243 e. The minimum atomic E-state index is -3.33. The molecule has 0 saturated carbocycles. The number of benzene rings is 2. The van der Waals surface area contributed by atoms with E-state index in [9.17, 15) is 17.6 Å². The molecule has 0 atom stereocenters. The van der Waals surface area contributed by atoms with Crippen LogP contribution in [-0.4, -0.2) is 40.6 Å². The summed E-state index contributed by atoms with van der Waals surface area (Å²) in [5.41, 5.74) is 1.50. The minimum absolute atomic E-state index is 0.0576. The van der Waals surface area contributed by atoms with Crippen LogP contribution in [-0.2, 0) is 33.5 Å². The molecule has 1 amide bonds. The van der Waals surface area contributed by atoms with Crippen LogP contribution in [0, 0.1) is 5.82 Å². The second-order valence-electron chi connectivity index (χ2n) is 8.45. The molecule has 3 rings (SSSR count). The Balaban J connectivity index is 1.97. The fourth-order valence-electron chi connectivity index (χ4n) is 3.38. The molecule has 2 aromatic carbocycles. The third kappa shape index (κ3) is 5.24. The molecule has 0 bridgehead atoms. The maximum Gasteiger partial charge on any atom is 0.243 e. The fraction of sp³-hybridized carbons (Fsp3) is 0.364. The first-order valence-corrected chi connectivity index (χ1v) is 11.7. The summed E-state index contributed by atoms with van der Waals surface area (Å²) < 4.78 is 39.1. The van der Waals surface area contributed by atoms with Gasteiger partial charge in [0.2, 0.25) is 5.91 Å². The molecular weight excluding hydrogens is 405 g/mol. The van der Waals surface area contributed by atoms with Gasteiger partial charge in [-0.15, -0.1) is 0 Å². The molecule has 0 aliphatic carbocycles. The zero-order chi connectivity index (χ0) is 22.1. The van der Waals surface area contributed by atoms with Crippen LogP contribution in [0.5, 0.6) is 0 Å². The molecule has 1 heterocycles. The lowest BCUT2D eigenvalue weighted by Crippen LogP contribution is -2.46. The van der Waals surface area contributed by atoms with Crippen molar-refractivity contribution >= 4 is 26.8 Å². The summed E-state index contributed by atoms with van der Waals surface area (Å²) in [6.07, 6.45) is 1.14. The average molecular weight is 432 g/mol. The van der Waals surface area contributed by atoms with E-state index in [2.05, 4.69) is 4.98 Å². The fourth-order valence-corrected chi connectivity index (χ4v) is 4.07. The molecule has 30 heavy (non-hydrogen) atoms. The van der Waals surface area contributed by atoms with Crippen LogP contribution >= 0.6 is 0 Å². The van der Waals surface area contributed by atoms with Crippen molar-refractivity contribution in [3.05, 3.63) is 65.7 Å². The standard InChI is InChI=1S/C22H26FN3O3S/c1-22(2,3)26(13-16-8-7-9-17(23)12-16)21(27)14-25-19-11-6-5-10-18(19)24-20(25)15-30(4,28)29/h5-12H,13-15H2,1-4H3. The van der Waals surface area contributed by atoms with Crippen molar-refractivity contribution in [1.29, 1.82) is 0 Å². The monoisotopic (exact) mass is 431 g/mol. The van der Waals surface area contributed by atoms with E-state index < -0.39 is 15.4 Å². The number of rotatable bonds is 6. The average Bonchev–Trinajstić information content (AvgIpc) is 2.94. The van der Waals surface area contributed by atoms with Gasteiger partial charge >= 0.3 is 0 Å². The highest BCUT2D eigenvalue weighted by atomic mass is 32.2. The van der Waals surface area contributed by atoms with Gasteiger partial charge in [0.25, 0.3) is 0 Å². The predicted octanol–water partition coefficient (Wildman–Crippen LogP) is 3.55. The number of carbonyl (C=O) groups is 1. The molecule has 0 radical (unpaired) electrons. The van der Waals surface area contributed by atoms with Crippen LogP contribution in [0.15, 0.2) is 48.5 Å². The van der Waals surface area contributed by atoms with Crippen LogP contribution in [0.1, 0.15) is 32.2 Å². The summed E-state index contributed by atoms with van der Waals surface area (Å²) in [5.74, 6) is -0.491. The summed E-state index contributed by atoms with van der Waals surface area (Å²) in [7, 11) is -3.33. The van der Waals surface area contributed by atoms with Crippen LogP contribution in [0.25, 0.3) is 11.0 Å². The Kier molecular flexibility index (Phi) is 5.99. The number of carbonyl (C=O) groups excluding carboxylic acids is 1. The highest BCUT2D eigenvalue weighted by Gasteiger charge is 2.28. The first-order valence-electron chi connectivity index (χ1n) is 9.61. The molecule has 0 saturated heterocycles. The van der Waals surface area contributed by atoms with Gasteiger partial charge in [0, 0.05) is 18.3 Å². The van der Waals surface area contributed by atoms with E-state index in [0.29, 0.717) is 22.4 Å². The van der Waals surface area contributed by atoms with E-state index in [-0.39, 0.29) is 30.6 Å². The van der Waals surface area contributed by atoms with Crippen molar-refractivity contribution in [3.63, 3.8) is 0 Å². The van der Waals surface area contributed by atoms with Crippen LogP contribution in [0.3, 0.4) is 0 Å². The minimum Gasteiger partial charge on any atom is -0.332 e. The third-order valence-electron chi connectivity index (χ3n) is 4.76. The number of amides is 1. The normalized spacial score (nSPS) is 12.3. The van der Waals surface area contributed by atoms with Gasteiger partial charge in [-0.05, 0) is 50.6 Å². The highest BCUT2D eigenvalue weighted by Crippen LogP contribution is 2.22. The number of imidazole rings is 1. The number of halogens is 1. The van der Waals surface area contributed by atoms with Gasteiger partial charge in [-0.25, -0.2) is 17.8 Å². The lowest BCUT2D eigenvalue weighted by Gasteiger charge is -2.36. The molecule has 0 unspecified atom stereocenters. The molecule has 8 heteroatoms. The molecule has 1 aromatic heterocycles. The SMILES string of the molecule is CC(C)(C)N(Cc1cccc(F)c1)C(=O)Cn1c(CS(C)(=O)=O)nc2ccccc21. The molecule has 0 fully saturated rings. The van der Waals surface area contributed by atoms with Gasteiger partial charge in [0.05, 0.1) is 11.0 Å². The van der Waals surface area contributed by atoms with Crippen LogP contribution < -0.4 is 0 Å². The summed E-state index contributed by atoms with van der Waals surface area (Å²) in [4.78, 5) is 19.4. The molecule has 160 valence electrons. The molecule has 3 aromatic rings.